The third-order valence-corrected chi connectivity index (χ3v) is 4.24. The topological polar surface area (TPSA) is 46.8 Å². The maximum absolute atomic E-state index is 12.6. The number of ether oxygens (including phenoxy) is 1. The van der Waals surface area contributed by atoms with E-state index in [2.05, 4.69) is 4.98 Å². The molecule has 1 amide bonds. The average Bonchev–Trinajstić information content (AvgIpc) is 3.39. The number of rotatable bonds is 6. The van der Waals surface area contributed by atoms with Crippen molar-refractivity contribution in [2.24, 2.45) is 0 Å². The van der Waals surface area contributed by atoms with Crippen molar-refractivity contribution in [2.75, 3.05) is 6.61 Å². The molecule has 0 bridgehead atoms. The molecule has 0 spiro atoms. The summed E-state index contributed by atoms with van der Waals surface area (Å²) in [7, 11) is 0. The summed E-state index contributed by atoms with van der Waals surface area (Å²) in [5.74, 6) is 0.739. The molecule has 1 saturated carbocycles. The molecule has 4 rings (SSSR count). The number of pyridine rings is 1. The molecular weight excluding hydrogens is 302 g/mol. The second kappa shape index (κ2) is 6.35. The summed E-state index contributed by atoms with van der Waals surface area (Å²) in [5, 5.41) is 0. The van der Waals surface area contributed by atoms with Crippen LogP contribution in [0.3, 0.4) is 0 Å². The van der Waals surface area contributed by atoms with Crippen LogP contribution in [0.2, 0.25) is 0 Å². The van der Waals surface area contributed by atoms with Crippen LogP contribution in [0.4, 0.5) is 0 Å². The van der Waals surface area contributed by atoms with Crippen LogP contribution in [0.5, 0.6) is 5.75 Å². The Hall–Kier alpha value is -2.82. The number of nitrogens with zero attached hydrogens (tertiary/aromatic N) is 3. The lowest BCUT2D eigenvalue weighted by molar-refractivity contribution is -0.134. The van der Waals surface area contributed by atoms with Gasteiger partial charge in [0, 0.05) is 12.2 Å². The lowest BCUT2D eigenvalue weighted by Gasteiger charge is -2.22. The van der Waals surface area contributed by atoms with E-state index in [-0.39, 0.29) is 12.5 Å². The van der Waals surface area contributed by atoms with Crippen molar-refractivity contribution in [3.8, 4) is 5.75 Å². The number of carbonyl (C=O) groups is 1. The van der Waals surface area contributed by atoms with E-state index >= 15 is 0 Å². The summed E-state index contributed by atoms with van der Waals surface area (Å²) in [6.07, 6.45) is 5.95. The third-order valence-electron chi connectivity index (χ3n) is 4.24. The molecule has 122 valence electrons. The van der Waals surface area contributed by atoms with E-state index in [4.69, 9.17) is 4.74 Å². The highest BCUT2D eigenvalue weighted by molar-refractivity contribution is 5.78. The summed E-state index contributed by atoms with van der Waals surface area (Å²) in [6, 6.07) is 15.7. The molecule has 0 atom stereocenters. The molecule has 1 aromatic carbocycles. The largest absolute Gasteiger partial charge is 0.484 e. The zero-order valence-corrected chi connectivity index (χ0v) is 13.3. The number of imidazole rings is 1. The standard InChI is InChI=1S/C19H19N3O2/c23-19(14-24-17-6-2-1-3-7-17)22(15-9-10-15)13-16-12-20-18-8-4-5-11-21(16)18/h1-8,11-12,15H,9-10,13-14H2. The molecule has 0 unspecified atom stereocenters. The van der Waals surface area contributed by atoms with Crippen molar-refractivity contribution in [3.05, 3.63) is 66.6 Å². The summed E-state index contributed by atoms with van der Waals surface area (Å²) in [6.45, 7) is 0.629. The first kappa shape index (κ1) is 14.8. The smallest absolute Gasteiger partial charge is 0.261 e. The summed E-state index contributed by atoms with van der Waals surface area (Å²) >= 11 is 0. The van der Waals surface area contributed by atoms with Crippen molar-refractivity contribution in [3.63, 3.8) is 0 Å². The van der Waals surface area contributed by atoms with E-state index < -0.39 is 0 Å². The van der Waals surface area contributed by atoms with Gasteiger partial charge in [-0.1, -0.05) is 24.3 Å². The Morgan fingerprint density at radius 1 is 1.17 bits per heavy atom. The highest BCUT2D eigenvalue weighted by Crippen LogP contribution is 2.28. The van der Waals surface area contributed by atoms with E-state index in [9.17, 15) is 4.79 Å². The first-order valence-corrected chi connectivity index (χ1v) is 8.19. The van der Waals surface area contributed by atoms with Gasteiger partial charge in [0.05, 0.1) is 18.4 Å². The van der Waals surface area contributed by atoms with Gasteiger partial charge in [0.2, 0.25) is 0 Å². The second-order valence-corrected chi connectivity index (χ2v) is 6.03. The van der Waals surface area contributed by atoms with Gasteiger partial charge in [-0.25, -0.2) is 4.98 Å². The molecule has 0 N–H and O–H groups in total. The van der Waals surface area contributed by atoms with Crippen LogP contribution in [0.15, 0.2) is 60.9 Å². The fourth-order valence-corrected chi connectivity index (χ4v) is 2.83. The molecule has 2 heterocycles. The van der Waals surface area contributed by atoms with Crippen LogP contribution < -0.4 is 4.74 Å². The Labute approximate surface area is 140 Å². The monoisotopic (exact) mass is 321 g/mol. The normalized spacial score (nSPS) is 13.8. The highest BCUT2D eigenvalue weighted by atomic mass is 16.5. The Kier molecular flexibility index (Phi) is 3.91. The van der Waals surface area contributed by atoms with Gasteiger partial charge in [0.15, 0.2) is 6.61 Å². The molecule has 5 heteroatoms. The lowest BCUT2D eigenvalue weighted by atomic mass is 10.3. The van der Waals surface area contributed by atoms with Crippen LogP contribution in [0.25, 0.3) is 5.65 Å². The van der Waals surface area contributed by atoms with Crippen LogP contribution in [-0.2, 0) is 11.3 Å². The molecule has 1 aliphatic rings. The maximum atomic E-state index is 12.6. The zero-order valence-electron chi connectivity index (χ0n) is 13.3. The van der Waals surface area contributed by atoms with Gasteiger partial charge >= 0.3 is 0 Å². The number of fused-ring (bicyclic) bond motifs is 1. The second-order valence-electron chi connectivity index (χ2n) is 6.03. The Balaban J connectivity index is 1.47. The minimum absolute atomic E-state index is 0.0206. The number of amides is 1. The quantitative estimate of drug-likeness (QED) is 0.701. The predicted octanol–water partition coefficient (Wildman–Crippen LogP) is 2.90. The number of hydrogen-bond acceptors (Lipinski definition) is 3. The Morgan fingerprint density at radius 3 is 2.75 bits per heavy atom. The molecule has 0 saturated heterocycles. The van der Waals surface area contributed by atoms with Gasteiger partial charge < -0.3 is 14.0 Å². The van der Waals surface area contributed by atoms with Crippen molar-refractivity contribution in [2.45, 2.75) is 25.4 Å². The van der Waals surface area contributed by atoms with Crippen molar-refractivity contribution in [1.82, 2.24) is 14.3 Å². The van der Waals surface area contributed by atoms with E-state index in [1.54, 1.807) is 0 Å². The van der Waals surface area contributed by atoms with E-state index in [0.29, 0.717) is 12.6 Å². The van der Waals surface area contributed by atoms with Gasteiger partial charge in [-0.3, -0.25) is 4.79 Å². The molecule has 0 aliphatic heterocycles. The van der Waals surface area contributed by atoms with Crippen LogP contribution >= 0.6 is 0 Å². The third kappa shape index (κ3) is 3.11. The fourth-order valence-electron chi connectivity index (χ4n) is 2.83. The molecule has 2 aromatic heterocycles. The maximum Gasteiger partial charge on any atom is 0.261 e. The number of hydrogen-bond donors (Lipinski definition) is 0. The highest BCUT2D eigenvalue weighted by Gasteiger charge is 2.33. The van der Waals surface area contributed by atoms with E-state index in [1.807, 2.05) is 70.2 Å². The SMILES string of the molecule is O=C(COc1ccccc1)N(Cc1cnc2ccccn12)C1CC1. The van der Waals surface area contributed by atoms with Crippen LogP contribution in [0.1, 0.15) is 18.5 Å². The van der Waals surface area contributed by atoms with Crippen molar-refractivity contribution < 1.29 is 9.53 Å². The Bertz CT molecular complexity index is 840. The van der Waals surface area contributed by atoms with Crippen LogP contribution in [0, 0.1) is 0 Å². The Morgan fingerprint density at radius 2 is 1.96 bits per heavy atom. The number of benzene rings is 1. The lowest BCUT2D eigenvalue weighted by Crippen LogP contribution is -2.36. The molecule has 24 heavy (non-hydrogen) atoms. The minimum atomic E-state index is 0.0206. The number of para-hydroxylation sites is 1. The van der Waals surface area contributed by atoms with Crippen molar-refractivity contribution >= 4 is 11.6 Å². The summed E-state index contributed by atoms with van der Waals surface area (Å²) in [4.78, 5) is 18.9. The molecule has 3 aromatic rings. The number of carbonyl (C=O) groups excluding carboxylic acids is 1. The first-order chi connectivity index (χ1) is 11.8. The first-order valence-electron chi connectivity index (χ1n) is 8.19. The predicted molar refractivity (Wildman–Crippen MR) is 90.7 cm³/mol. The molecule has 1 fully saturated rings. The zero-order chi connectivity index (χ0) is 16.4. The summed E-state index contributed by atoms with van der Waals surface area (Å²) in [5.41, 5.74) is 1.92. The van der Waals surface area contributed by atoms with Crippen molar-refractivity contribution in [1.29, 1.82) is 0 Å². The minimum Gasteiger partial charge on any atom is -0.484 e. The van der Waals surface area contributed by atoms with Gasteiger partial charge in [-0.15, -0.1) is 0 Å². The van der Waals surface area contributed by atoms with Crippen LogP contribution in [-0.4, -0.2) is 32.8 Å². The fraction of sp³-hybridized carbons (Fsp3) is 0.263. The van der Waals surface area contributed by atoms with E-state index in [0.717, 1.165) is 29.9 Å². The molecular formula is C19H19N3O2. The molecule has 0 radical (unpaired) electrons. The molecule has 5 nitrogen and oxygen atoms in total. The van der Waals surface area contributed by atoms with Gasteiger partial charge in [-0.2, -0.15) is 0 Å². The van der Waals surface area contributed by atoms with Gasteiger partial charge in [0.1, 0.15) is 11.4 Å². The van der Waals surface area contributed by atoms with E-state index in [1.165, 1.54) is 0 Å². The summed E-state index contributed by atoms with van der Waals surface area (Å²) < 4.78 is 7.65. The number of aromatic nitrogens is 2. The molecule has 1 aliphatic carbocycles. The van der Waals surface area contributed by atoms with Gasteiger partial charge in [0.25, 0.3) is 5.91 Å². The average molecular weight is 321 g/mol. The van der Waals surface area contributed by atoms with Gasteiger partial charge in [-0.05, 0) is 37.1 Å².